The Labute approximate surface area is 245 Å². The molecule has 3 aromatic carbocycles. The Morgan fingerprint density at radius 2 is 1.55 bits per heavy atom. The molecule has 0 aliphatic heterocycles. The summed E-state index contributed by atoms with van der Waals surface area (Å²) >= 11 is 3.42. The summed E-state index contributed by atoms with van der Waals surface area (Å²) in [5, 5.41) is 2.93. The van der Waals surface area contributed by atoms with E-state index in [1.165, 1.54) is 17.0 Å². The fourth-order valence-corrected chi connectivity index (χ4v) is 5.72. The maximum atomic E-state index is 14.0. The Morgan fingerprint density at radius 1 is 0.925 bits per heavy atom. The monoisotopic (exact) mass is 629 g/mol. The van der Waals surface area contributed by atoms with E-state index < -0.39 is 28.5 Å². The predicted molar refractivity (Wildman–Crippen MR) is 161 cm³/mol. The molecule has 3 aromatic rings. The molecule has 0 aliphatic rings. The van der Waals surface area contributed by atoms with Gasteiger partial charge < -0.3 is 15.0 Å². The van der Waals surface area contributed by atoms with Gasteiger partial charge in [0.25, 0.3) is 10.0 Å². The summed E-state index contributed by atoms with van der Waals surface area (Å²) in [6, 6.07) is 21.1. The van der Waals surface area contributed by atoms with Crippen LogP contribution in [-0.4, -0.2) is 50.4 Å². The number of sulfonamides is 1. The number of rotatable bonds is 13. The lowest BCUT2D eigenvalue weighted by Crippen LogP contribution is -2.52. The molecule has 0 saturated heterocycles. The molecule has 3 rings (SSSR count). The summed E-state index contributed by atoms with van der Waals surface area (Å²) in [6.07, 6.45) is 0.733. The van der Waals surface area contributed by atoms with Crippen molar-refractivity contribution in [1.29, 1.82) is 0 Å². The van der Waals surface area contributed by atoms with Crippen molar-refractivity contribution in [2.75, 3.05) is 17.5 Å². The molecule has 0 heterocycles. The molecule has 0 spiro atoms. The summed E-state index contributed by atoms with van der Waals surface area (Å²) in [4.78, 5) is 28.6. The summed E-state index contributed by atoms with van der Waals surface area (Å²) in [5.74, 6) is -0.508. The molecule has 0 radical (unpaired) electrons. The molecule has 2 atom stereocenters. The molecule has 0 fully saturated rings. The molecule has 1 N–H and O–H groups in total. The van der Waals surface area contributed by atoms with Gasteiger partial charge in [0.2, 0.25) is 11.8 Å². The Morgan fingerprint density at radius 3 is 2.17 bits per heavy atom. The number of hydrogen-bond acceptors (Lipinski definition) is 5. The van der Waals surface area contributed by atoms with Crippen molar-refractivity contribution in [3.63, 3.8) is 0 Å². The van der Waals surface area contributed by atoms with Crippen LogP contribution in [0, 0.1) is 0 Å². The van der Waals surface area contributed by atoms with Crippen molar-refractivity contribution in [1.82, 2.24) is 10.2 Å². The van der Waals surface area contributed by atoms with Crippen molar-refractivity contribution < 1.29 is 22.7 Å². The number of hydrogen-bond donors (Lipinski definition) is 1. The third kappa shape index (κ3) is 7.85. The third-order valence-corrected chi connectivity index (χ3v) is 8.78. The van der Waals surface area contributed by atoms with Gasteiger partial charge in [0.15, 0.2) is 0 Å². The van der Waals surface area contributed by atoms with Gasteiger partial charge >= 0.3 is 0 Å². The van der Waals surface area contributed by atoms with Crippen molar-refractivity contribution in [3.05, 3.63) is 88.9 Å². The molecule has 8 nitrogen and oxygen atoms in total. The van der Waals surface area contributed by atoms with Gasteiger partial charge in [-0.15, -0.1) is 0 Å². The first-order valence-corrected chi connectivity index (χ1v) is 15.5. The van der Waals surface area contributed by atoms with Crippen molar-refractivity contribution in [3.8, 4) is 5.75 Å². The first-order valence-electron chi connectivity index (χ1n) is 13.2. The zero-order valence-electron chi connectivity index (χ0n) is 23.2. The number of benzene rings is 3. The highest BCUT2D eigenvalue weighted by molar-refractivity contribution is 9.10. The van der Waals surface area contributed by atoms with E-state index in [-0.39, 0.29) is 29.1 Å². The highest BCUT2D eigenvalue weighted by Gasteiger charge is 2.34. The molecule has 214 valence electrons. The number of anilines is 1. The second-order valence-electron chi connectivity index (χ2n) is 9.37. The molecular formula is C30H36BrN3O5S. The number of carbonyl (C=O) groups excluding carboxylic acids is 2. The number of amides is 2. The predicted octanol–water partition coefficient (Wildman–Crippen LogP) is 5.38. The smallest absolute Gasteiger partial charge is 0.264 e. The highest BCUT2D eigenvalue weighted by atomic mass is 79.9. The Kier molecular flexibility index (Phi) is 11.2. The van der Waals surface area contributed by atoms with Gasteiger partial charge in [-0.1, -0.05) is 65.3 Å². The lowest BCUT2D eigenvalue weighted by atomic mass is 10.1. The lowest BCUT2D eigenvalue weighted by molar-refractivity contribution is -0.139. The van der Waals surface area contributed by atoms with Crippen molar-refractivity contribution >= 4 is 43.5 Å². The van der Waals surface area contributed by atoms with Crippen LogP contribution in [0.5, 0.6) is 5.75 Å². The second-order valence-corrected chi connectivity index (χ2v) is 12.1. The topological polar surface area (TPSA) is 96.0 Å². The van der Waals surface area contributed by atoms with Gasteiger partial charge in [-0.2, -0.15) is 0 Å². The van der Waals surface area contributed by atoms with Crippen LogP contribution in [0.4, 0.5) is 5.69 Å². The normalized spacial score (nSPS) is 12.7. The second kappa shape index (κ2) is 14.3. The highest BCUT2D eigenvalue weighted by Crippen LogP contribution is 2.33. The van der Waals surface area contributed by atoms with Gasteiger partial charge in [0.05, 0.1) is 17.2 Å². The third-order valence-electron chi connectivity index (χ3n) is 6.48. The van der Waals surface area contributed by atoms with Crippen LogP contribution in [0.1, 0.15) is 39.7 Å². The van der Waals surface area contributed by atoms with Crippen LogP contribution in [0.25, 0.3) is 0 Å². The van der Waals surface area contributed by atoms with Crippen LogP contribution in [-0.2, 0) is 26.2 Å². The van der Waals surface area contributed by atoms with Gasteiger partial charge in [-0.3, -0.25) is 13.9 Å². The SMILES string of the molecule is CCOc1ccccc1N(CC(=O)N(Cc1ccc(Br)cc1)[C@@H](C)C(=O)N[C@H](C)CC)S(=O)(=O)c1ccccc1. The van der Waals surface area contributed by atoms with E-state index in [0.717, 1.165) is 20.8 Å². The number of nitrogens with zero attached hydrogens (tertiary/aromatic N) is 2. The summed E-state index contributed by atoms with van der Waals surface area (Å²) < 4.78 is 35.6. The standard InChI is InChI=1S/C30H36BrN3O5S/c1-5-22(3)32-30(36)23(4)33(20-24-16-18-25(31)19-17-24)29(35)21-34(27-14-10-11-15-28(27)39-6-2)40(37,38)26-12-8-7-9-13-26/h7-19,22-23H,5-6,20-21H2,1-4H3,(H,32,36)/t22-,23+/m1/s1. The average Bonchev–Trinajstić information content (AvgIpc) is 2.96. The molecular weight excluding hydrogens is 594 g/mol. The van der Waals surface area contributed by atoms with Crippen molar-refractivity contribution in [2.45, 2.75) is 57.6 Å². The van der Waals surface area contributed by atoms with E-state index in [1.807, 2.05) is 38.1 Å². The quantitative estimate of drug-likeness (QED) is 0.274. The molecule has 2 amide bonds. The maximum Gasteiger partial charge on any atom is 0.264 e. The molecule has 0 saturated carbocycles. The van der Waals surface area contributed by atoms with E-state index in [2.05, 4.69) is 21.2 Å². The van der Waals surface area contributed by atoms with E-state index in [0.29, 0.717) is 12.4 Å². The Bertz CT molecular complexity index is 1380. The Hall–Kier alpha value is -3.37. The first kappa shape index (κ1) is 31.2. The van der Waals surface area contributed by atoms with E-state index in [4.69, 9.17) is 4.74 Å². The molecule has 0 unspecified atom stereocenters. The number of carbonyl (C=O) groups is 2. The fourth-order valence-electron chi connectivity index (χ4n) is 4.01. The van der Waals surface area contributed by atoms with Crippen LogP contribution >= 0.6 is 15.9 Å². The van der Waals surface area contributed by atoms with Gasteiger partial charge in [-0.05, 0) is 69.2 Å². The van der Waals surface area contributed by atoms with Gasteiger partial charge in [-0.25, -0.2) is 8.42 Å². The van der Waals surface area contributed by atoms with Crippen LogP contribution in [0.15, 0.2) is 88.2 Å². The minimum atomic E-state index is -4.17. The zero-order chi connectivity index (χ0) is 29.3. The van der Waals surface area contributed by atoms with E-state index in [9.17, 15) is 18.0 Å². The average molecular weight is 631 g/mol. The Balaban J connectivity index is 2.06. The summed E-state index contributed by atoms with van der Waals surface area (Å²) in [7, 11) is -4.17. The van der Waals surface area contributed by atoms with Crippen LogP contribution in [0.3, 0.4) is 0 Å². The lowest BCUT2D eigenvalue weighted by Gasteiger charge is -2.33. The number of nitrogens with one attached hydrogen (secondary N) is 1. The first-order chi connectivity index (χ1) is 19.1. The fraction of sp³-hybridized carbons (Fsp3) is 0.333. The van der Waals surface area contributed by atoms with Gasteiger partial charge in [0.1, 0.15) is 18.3 Å². The zero-order valence-corrected chi connectivity index (χ0v) is 25.6. The van der Waals surface area contributed by atoms with Crippen LogP contribution < -0.4 is 14.4 Å². The summed E-state index contributed by atoms with van der Waals surface area (Å²) in [6.45, 7) is 7.21. The minimum absolute atomic E-state index is 0.0381. The molecule has 10 heteroatoms. The van der Waals surface area contributed by atoms with Crippen LogP contribution in [0.2, 0.25) is 0 Å². The molecule has 0 aromatic heterocycles. The molecule has 0 aliphatic carbocycles. The molecule has 40 heavy (non-hydrogen) atoms. The number of halogens is 1. The summed E-state index contributed by atoms with van der Waals surface area (Å²) in [5.41, 5.74) is 1.04. The van der Waals surface area contributed by atoms with Crippen molar-refractivity contribution in [2.24, 2.45) is 0 Å². The van der Waals surface area contributed by atoms with Gasteiger partial charge in [0, 0.05) is 17.1 Å². The maximum absolute atomic E-state index is 14.0. The van der Waals surface area contributed by atoms with E-state index >= 15 is 0 Å². The number of para-hydroxylation sites is 2. The minimum Gasteiger partial charge on any atom is -0.492 e. The number of ether oxygens (including phenoxy) is 1. The largest absolute Gasteiger partial charge is 0.492 e. The van der Waals surface area contributed by atoms with E-state index in [1.54, 1.807) is 56.3 Å². The molecule has 0 bridgehead atoms.